The number of halogens is 1. The SMILES string of the molecule is C[N+]1(C)[C@@H]2CC[C@H]1CC(COC(=O)Nc1ccc(F)cc1-c1ccsc1)C2. The van der Waals surface area contributed by atoms with Gasteiger partial charge in [0.05, 0.1) is 38.5 Å². The summed E-state index contributed by atoms with van der Waals surface area (Å²) in [5, 5.41) is 6.66. The maximum Gasteiger partial charge on any atom is 0.411 e. The quantitative estimate of drug-likeness (QED) is 0.737. The van der Waals surface area contributed by atoms with E-state index in [1.807, 2.05) is 16.8 Å². The molecule has 2 bridgehead atoms. The molecule has 4 rings (SSSR count). The van der Waals surface area contributed by atoms with Gasteiger partial charge in [-0.15, -0.1) is 0 Å². The van der Waals surface area contributed by atoms with Gasteiger partial charge in [-0.2, -0.15) is 11.3 Å². The summed E-state index contributed by atoms with van der Waals surface area (Å²) in [6.07, 6.45) is 4.32. The molecule has 2 aliphatic rings. The molecule has 1 amide bonds. The van der Waals surface area contributed by atoms with Gasteiger partial charge in [-0.3, -0.25) is 5.32 Å². The van der Waals surface area contributed by atoms with E-state index >= 15 is 0 Å². The van der Waals surface area contributed by atoms with E-state index in [1.54, 1.807) is 6.07 Å². The second kappa shape index (κ2) is 7.24. The monoisotopic (exact) mass is 389 g/mol. The van der Waals surface area contributed by atoms with Crippen LogP contribution in [0.25, 0.3) is 11.1 Å². The van der Waals surface area contributed by atoms with E-state index in [1.165, 1.54) is 36.3 Å². The maximum absolute atomic E-state index is 13.7. The first-order valence-corrected chi connectivity index (χ1v) is 10.5. The third-order valence-corrected chi connectivity index (χ3v) is 7.11. The van der Waals surface area contributed by atoms with Crippen molar-refractivity contribution in [1.29, 1.82) is 0 Å². The molecule has 144 valence electrons. The number of nitrogens with one attached hydrogen (secondary N) is 1. The van der Waals surface area contributed by atoms with Crippen LogP contribution in [0.2, 0.25) is 0 Å². The van der Waals surface area contributed by atoms with Gasteiger partial charge in [0.2, 0.25) is 0 Å². The first-order chi connectivity index (χ1) is 12.9. The molecule has 1 N–H and O–H groups in total. The minimum Gasteiger partial charge on any atom is -0.449 e. The maximum atomic E-state index is 13.7. The highest BCUT2D eigenvalue weighted by Gasteiger charge is 2.48. The largest absolute Gasteiger partial charge is 0.449 e. The number of piperidine rings is 1. The van der Waals surface area contributed by atoms with Crippen LogP contribution in [0.5, 0.6) is 0 Å². The minimum atomic E-state index is -0.468. The van der Waals surface area contributed by atoms with Gasteiger partial charge in [-0.1, -0.05) is 0 Å². The lowest BCUT2D eigenvalue weighted by atomic mass is 9.90. The number of quaternary nitrogens is 1. The Morgan fingerprint density at radius 2 is 2.00 bits per heavy atom. The Balaban J connectivity index is 1.37. The zero-order chi connectivity index (χ0) is 19.0. The molecule has 2 fully saturated rings. The van der Waals surface area contributed by atoms with Gasteiger partial charge in [0.1, 0.15) is 5.82 Å². The van der Waals surface area contributed by atoms with E-state index in [2.05, 4.69) is 19.4 Å². The zero-order valence-electron chi connectivity index (χ0n) is 15.8. The number of benzene rings is 1. The molecule has 3 atom stereocenters. The fourth-order valence-corrected chi connectivity index (χ4v) is 5.41. The van der Waals surface area contributed by atoms with E-state index in [9.17, 15) is 9.18 Å². The lowest BCUT2D eigenvalue weighted by Gasteiger charge is -2.44. The van der Waals surface area contributed by atoms with E-state index in [0.717, 1.165) is 22.9 Å². The first kappa shape index (κ1) is 18.4. The molecular weight excluding hydrogens is 363 g/mol. The van der Waals surface area contributed by atoms with Crippen LogP contribution in [0, 0.1) is 11.7 Å². The number of fused-ring (bicyclic) bond motifs is 2. The van der Waals surface area contributed by atoms with Gasteiger partial charge in [0.25, 0.3) is 0 Å². The molecule has 1 aromatic carbocycles. The average Bonchev–Trinajstić information content (AvgIpc) is 3.17. The summed E-state index contributed by atoms with van der Waals surface area (Å²) in [5.74, 6) is 0.109. The lowest BCUT2D eigenvalue weighted by Crippen LogP contribution is -2.55. The fourth-order valence-electron chi connectivity index (χ4n) is 4.75. The highest BCUT2D eigenvalue weighted by molar-refractivity contribution is 7.08. The molecule has 4 nitrogen and oxygen atoms in total. The van der Waals surface area contributed by atoms with Crippen LogP contribution < -0.4 is 5.32 Å². The number of hydrogen-bond acceptors (Lipinski definition) is 3. The number of nitrogens with zero attached hydrogens (tertiary/aromatic N) is 1. The second-order valence-corrected chi connectivity index (χ2v) is 9.06. The number of amides is 1. The number of rotatable bonds is 4. The van der Waals surface area contributed by atoms with Gasteiger partial charge in [-0.05, 0) is 40.6 Å². The van der Waals surface area contributed by atoms with E-state index < -0.39 is 6.09 Å². The third-order valence-electron chi connectivity index (χ3n) is 6.43. The van der Waals surface area contributed by atoms with Crippen molar-refractivity contribution in [2.24, 2.45) is 5.92 Å². The highest BCUT2D eigenvalue weighted by Crippen LogP contribution is 2.42. The summed E-state index contributed by atoms with van der Waals surface area (Å²) in [7, 11) is 4.65. The molecule has 2 saturated heterocycles. The molecule has 1 unspecified atom stereocenters. The molecule has 1 aromatic heterocycles. The van der Waals surface area contributed by atoms with Crippen molar-refractivity contribution >= 4 is 23.1 Å². The molecule has 2 aliphatic heterocycles. The van der Waals surface area contributed by atoms with Gasteiger partial charge in [-0.25, -0.2) is 9.18 Å². The number of thiophene rings is 1. The van der Waals surface area contributed by atoms with E-state index in [4.69, 9.17) is 4.74 Å². The van der Waals surface area contributed by atoms with Crippen LogP contribution in [0.15, 0.2) is 35.0 Å². The van der Waals surface area contributed by atoms with Crippen molar-refractivity contribution < 1.29 is 18.4 Å². The van der Waals surface area contributed by atoms with Crippen molar-refractivity contribution in [2.75, 3.05) is 26.0 Å². The zero-order valence-corrected chi connectivity index (χ0v) is 16.6. The molecule has 3 heterocycles. The topological polar surface area (TPSA) is 38.3 Å². The van der Waals surface area contributed by atoms with Crippen LogP contribution in [-0.2, 0) is 4.74 Å². The van der Waals surface area contributed by atoms with Crippen molar-refractivity contribution in [3.63, 3.8) is 0 Å². The molecule has 0 saturated carbocycles. The van der Waals surface area contributed by atoms with Crippen LogP contribution in [-0.4, -0.2) is 43.4 Å². The Bertz CT molecular complexity index is 806. The van der Waals surface area contributed by atoms with Gasteiger partial charge in [0, 0.05) is 37.2 Å². The molecule has 2 aromatic rings. The van der Waals surface area contributed by atoms with Crippen LogP contribution in [0.3, 0.4) is 0 Å². The van der Waals surface area contributed by atoms with Crippen LogP contribution in [0.1, 0.15) is 25.7 Å². The molecule has 27 heavy (non-hydrogen) atoms. The fraction of sp³-hybridized carbons (Fsp3) is 0.476. The van der Waals surface area contributed by atoms with E-state index in [0.29, 0.717) is 35.9 Å². The predicted octanol–water partition coefficient (Wildman–Crippen LogP) is 5.12. The summed E-state index contributed by atoms with van der Waals surface area (Å²) in [6, 6.07) is 7.66. The van der Waals surface area contributed by atoms with Crippen molar-refractivity contribution in [2.45, 2.75) is 37.8 Å². The number of carbonyl (C=O) groups is 1. The Morgan fingerprint density at radius 1 is 1.26 bits per heavy atom. The lowest BCUT2D eigenvalue weighted by molar-refractivity contribution is -0.931. The average molecular weight is 390 g/mol. The second-order valence-electron chi connectivity index (χ2n) is 8.28. The van der Waals surface area contributed by atoms with Crippen molar-refractivity contribution in [3.05, 3.63) is 40.8 Å². The Morgan fingerprint density at radius 3 is 2.67 bits per heavy atom. The number of ether oxygens (including phenoxy) is 1. The molecule has 0 radical (unpaired) electrons. The Kier molecular flexibility index (Phi) is 4.95. The summed E-state index contributed by atoms with van der Waals surface area (Å²) in [5.41, 5.74) is 2.13. The summed E-state index contributed by atoms with van der Waals surface area (Å²) < 4.78 is 20.3. The number of hydrogen-bond donors (Lipinski definition) is 1. The molecule has 0 spiro atoms. The summed E-state index contributed by atoms with van der Waals surface area (Å²) in [4.78, 5) is 12.3. The van der Waals surface area contributed by atoms with Gasteiger partial charge < -0.3 is 9.22 Å². The van der Waals surface area contributed by atoms with Crippen molar-refractivity contribution in [1.82, 2.24) is 0 Å². The van der Waals surface area contributed by atoms with Crippen LogP contribution >= 0.6 is 11.3 Å². The molecule has 0 aliphatic carbocycles. The number of carbonyl (C=O) groups excluding carboxylic acids is 1. The molecular formula is C21H26FN2O2S+. The Labute approximate surface area is 163 Å². The van der Waals surface area contributed by atoms with Crippen LogP contribution in [0.4, 0.5) is 14.9 Å². The summed E-state index contributed by atoms with van der Waals surface area (Å²) >= 11 is 1.54. The van der Waals surface area contributed by atoms with E-state index in [-0.39, 0.29) is 5.82 Å². The highest BCUT2D eigenvalue weighted by atomic mass is 32.1. The van der Waals surface area contributed by atoms with Crippen molar-refractivity contribution in [3.8, 4) is 11.1 Å². The van der Waals surface area contributed by atoms with Gasteiger partial charge >= 0.3 is 6.09 Å². The van der Waals surface area contributed by atoms with Gasteiger partial charge in [0.15, 0.2) is 0 Å². The Hall–Kier alpha value is -1.92. The smallest absolute Gasteiger partial charge is 0.411 e. The normalized spacial score (nSPS) is 26.0. The predicted molar refractivity (Wildman–Crippen MR) is 106 cm³/mol. The first-order valence-electron chi connectivity index (χ1n) is 9.52. The summed E-state index contributed by atoms with van der Waals surface area (Å²) in [6.45, 7) is 0.452. The minimum absolute atomic E-state index is 0.325. The standard InChI is InChI=1S/C21H25FN2O2S/c1-24(2)17-4-5-18(24)10-14(9-17)12-26-21(25)23-20-6-3-16(22)11-19(20)15-7-8-27-13-15/h3,6-8,11,13-14,17-18H,4-5,9-10,12H2,1-2H3/p+1/t14?,17-,18+. The third kappa shape index (κ3) is 3.73. The number of anilines is 1. The molecule has 6 heteroatoms.